The van der Waals surface area contributed by atoms with Crippen molar-refractivity contribution in [2.75, 3.05) is 51.3 Å². The number of amides is 1. The van der Waals surface area contributed by atoms with Gasteiger partial charge in [0.2, 0.25) is 5.91 Å². The summed E-state index contributed by atoms with van der Waals surface area (Å²) in [6.07, 6.45) is 6.92. The molecule has 0 spiro atoms. The van der Waals surface area contributed by atoms with Crippen molar-refractivity contribution in [1.82, 2.24) is 4.90 Å². The van der Waals surface area contributed by atoms with E-state index in [1.54, 1.807) is 0 Å². The largest absolute Gasteiger partial charge is 0.381 e. The summed E-state index contributed by atoms with van der Waals surface area (Å²) in [5, 5.41) is 0. The van der Waals surface area contributed by atoms with Gasteiger partial charge in [0.15, 0.2) is 0 Å². The number of hydrogen-bond acceptors (Lipinski definition) is 6. The van der Waals surface area contributed by atoms with Crippen LogP contribution in [-0.4, -0.2) is 70.8 Å². The molecule has 2 aliphatic heterocycles. The normalized spacial score (nSPS) is 15.8. The van der Waals surface area contributed by atoms with E-state index in [1.807, 2.05) is 46.5 Å². The summed E-state index contributed by atoms with van der Waals surface area (Å²) in [5.41, 5.74) is 9.58. The Balaban J connectivity index is 0.000000682. The first-order chi connectivity index (χ1) is 17.9. The number of rotatable bonds is 3. The lowest BCUT2D eigenvalue weighted by atomic mass is 9.82. The summed E-state index contributed by atoms with van der Waals surface area (Å²) in [7, 11) is 2.18. The number of nitrogens with two attached hydrogens (primary N) is 1. The zero-order chi connectivity index (χ0) is 28.3. The number of piperazine rings is 1. The van der Waals surface area contributed by atoms with Gasteiger partial charge in [-0.1, -0.05) is 51.0 Å². The lowest BCUT2D eigenvalue weighted by Crippen LogP contribution is -2.44. The van der Waals surface area contributed by atoms with Crippen molar-refractivity contribution in [3.63, 3.8) is 0 Å². The maximum atomic E-state index is 10.8. The van der Waals surface area contributed by atoms with Gasteiger partial charge in [0, 0.05) is 50.6 Å². The van der Waals surface area contributed by atoms with Gasteiger partial charge in [0.1, 0.15) is 13.6 Å². The summed E-state index contributed by atoms with van der Waals surface area (Å²) in [5.74, 6) is 2.45. The number of ether oxygens (including phenoxy) is 1. The van der Waals surface area contributed by atoms with Crippen LogP contribution in [0.15, 0.2) is 48.5 Å². The summed E-state index contributed by atoms with van der Waals surface area (Å²) >= 11 is 0. The van der Waals surface area contributed by atoms with Crippen LogP contribution >= 0.6 is 0 Å². The van der Waals surface area contributed by atoms with Crippen molar-refractivity contribution in [3.8, 4) is 23.5 Å². The van der Waals surface area contributed by atoms with Crippen molar-refractivity contribution in [2.24, 2.45) is 11.1 Å². The van der Waals surface area contributed by atoms with Gasteiger partial charge < -0.3 is 29.9 Å². The molecule has 2 heterocycles. The zero-order valence-electron chi connectivity index (χ0n) is 22.9. The molecule has 2 aliphatic rings. The Bertz CT molecular complexity index is 923. The quantitative estimate of drug-likeness (QED) is 0.628. The van der Waals surface area contributed by atoms with Gasteiger partial charge in [0.25, 0.3) is 0 Å². The van der Waals surface area contributed by atoms with Crippen LogP contribution in [0.3, 0.4) is 0 Å². The minimum atomic E-state index is -0.307. The molecule has 0 atom stereocenters. The monoisotopic (exact) mass is 509 g/mol. The number of terminal acetylenes is 1. The van der Waals surface area contributed by atoms with Gasteiger partial charge in [-0.15, -0.1) is 6.42 Å². The third-order valence-corrected chi connectivity index (χ3v) is 6.31. The van der Waals surface area contributed by atoms with E-state index in [1.165, 1.54) is 16.8 Å². The zero-order valence-corrected chi connectivity index (χ0v) is 22.9. The van der Waals surface area contributed by atoms with Crippen LogP contribution in [-0.2, 0) is 19.1 Å². The standard InChI is InChI=1S/C19H20N2.C7H13NO2.C2H6.2CH2O/c1-3-16-4-6-17(7-5-16)18-8-10-19(11-9-18)21-14-12-20(2)13-15-21;1-7(6(8)9)2-4-10-5-3-7;3*1-2/h1,4-11H,12-15H2,2H3;2-5H2,1H3,(H2,8,9);1-2H3;2*1H2. The number of carbonyl (C=O) groups is 3. The Morgan fingerprint density at radius 2 is 1.32 bits per heavy atom. The summed E-state index contributed by atoms with van der Waals surface area (Å²) < 4.78 is 5.11. The number of benzene rings is 2. The van der Waals surface area contributed by atoms with E-state index < -0.39 is 0 Å². The van der Waals surface area contributed by atoms with E-state index in [2.05, 4.69) is 59.2 Å². The second kappa shape index (κ2) is 18.8. The van der Waals surface area contributed by atoms with E-state index in [0.29, 0.717) is 13.2 Å². The number of likely N-dealkylation sites (N-methyl/N-ethyl adjacent to an activating group) is 1. The van der Waals surface area contributed by atoms with E-state index in [-0.39, 0.29) is 11.3 Å². The Morgan fingerprint density at radius 3 is 1.70 bits per heavy atom. The number of primary amides is 1. The molecule has 1 amide bonds. The molecule has 0 unspecified atom stereocenters. The first-order valence-corrected chi connectivity index (χ1v) is 12.5. The fourth-order valence-corrected chi connectivity index (χ4v) is 3.76. The SMILES string of the molecule is C#Cc1ccc(-c2ccc(N3CCN(C)CC3)cc2)cc1.C=O.C=O.CC.CC1(C(N)=O)CCOCC1. The van der Waals surface area contributed by atoms with Crippen LogP contribution in [0.25, 0.3) is 11.1 Å². The molecule has 2 saturated heterocycles. The van der Waals surface area contributed by atoms with Gasteiger partial charge in [-0.05, 0) is 55.3 Å². The van der Waals surface area contributed by atoms with Crippen LogP contribution in [0, 0.1) is 17.8 Å². The fourth-order valence-electron chi connectivity index (χ4n) is 3.76. The Hall–Kier alpha value is -3.47. The fraction of sp³-hybridized carbons (Fsp3) is 0.433. The summed E-state index contributed by atoms with van der Waals surface area (Å²) in [6, 6.07) is 17.0. The minimum Gasteiger partial charge on any atom is -0.381 e. The molecule has 0 aromatic heterocycles. The highest BCUT2D eigenvalue weighted by molar-refractivity contribution is 5.80. The number of anilines is 1. The number of carbonyl (C=O) groups excluding carboxylic acids is 3. The topological polar surface area (TPSA) is 92.9 Å². The Kier molecular flexibility index (Phi) is 17.0. The van der Waals surface area contributed by atoms with Gasteiger partial charge in [0.05, 0.1) is 5.41 Å². The third kappa shape index (κ3) is 11.0. The molecule has 0 aliphatic carbocycles. The highest BCUT2D eigenvalue weighted by atomic mass is 16.5. The van der Waals surface area contributed by atoms with Gasteiger partial charge >= 0.3 is 0 Å². The van der Waals surface area contributed by atoms with Gasteiger partial charge in [-0.3, -0.25) is 4.79 Å². The molecule has 7 heteroatoms. The molecule has 0 saturated carbocycles. The predicted molar refractivity (Wildman–Crippen MR) is 152 cm³/mol. The van der Waals surface area contributed by atoms with Crippen LogP contribution < -0.4 is 10.6 Å². The number of hydrogen-bond donors (Lipinski definition) is 1. The molecule has 2 fully saturated rings. The van der Waals surface area contributed by atoms with Crippen LogP contribution in [0.4, 0.5) is 5.69 Å². The van der Waals surface area contributed by atoms with Crippen molar-refractivity contribution in [1.29, 1.82) is 0 Å². The second-order valence-electron chi connectivity index (χ2n) is 8.60. The summed E-state index contributed by atoms with van der Waals surface area (Å²) in [6.45, 7) is 15.7. The minimum absolute atomic E-state index is 0.198. The summed E-state index contributed by atoms with van der Waals surface area (Å²) in [4.78, 5) is 31.7. The molecule has 37 heavy (non-hydrogen) atoms. The van der Waals surface area contributed by atoms with Crippen molar-refractivity contribution in [3.05, 3.63) is 54.1 Å². The molecule has 2 N–H and O–H groups in total. The predicted octanol–water partition coefficient (Wildman–Crippen LogP) is 4.03. The Morgan fingerprint density at radius 1 is 0.892 bits per heavy atom. The van der Waals surface area contributed by atoms with Crippen molar-refractivity contribution >= 4 is 25.2 Å². The molecule has 7 nitrogen and oxygen atoms in total. The first kappa shape index (κ1) is 33.5. The van der Waals surface area contributed by atoms with Crippen LogP contribution in [0.2, 0.25) is 0 Å². The van der Waals surface area contributed by atoms with E-state index >= 15 is 0 Å². The molecular formula is C30H43N3O4. The maximum Gasteiger partial charge on any atom is 0.223 e. The lowest BCUT2D eigenvalue weighted by molar-refractivity contribution is -0.131. The molecular weight excluding hydrogens is 466 g/mol. The first-order valence-electron chi connectivity index (χ1n) is 12.5. The van der Waals surface area contributed by atoms with E-state index in [0.717, 1.165) is 44.6 Å². The second-order valence-corrected chi connectivity index (χ2v) is 8.60. The van der Waals surface area contributed by atoms with Gasteiger partial charge in [-0.2, -0.15) is 0 Å². The molecule has 0 radical (unpaired) electrons. The smallest absolute Gasteiger partial charge is 0.223 e. The van der Waals surface area contributed by atoms with E-state index in [4.69, 9.17) is 26.5 Å². The number of nitrogens with zero attached hydrogens (tertiary/aromatic N) is 2. The highest BCUT2D eigenvalue weighted by Crippen LogP contribution is 2.28. The average Bonchev–Trinajstić information content (AvgIpc) is 2.97. The lowest BCUT2D eigenvalue weighted by Gasteiger charge is -2.34. The Labute approximate surface area is 223 Å². The van der Waals surface area contributed by atoms with Crippen molar-refractivity contribution in [2.45, 2.75) is 33.6 Å². The molecule has 4 rings (SSSR count). The van der Waals surface area contributed by atoms with Crippen LogP contribution in [0.5, 0.6) is 0 Å². The van der Waals surface area contributed by atoms with Crippen molar-refractivity contribution < 1.29 is 19.1 Å². The van der Waals surface area contributed by atoms with Crippen LogP contribution in [0.1, 0.15) is 39.2 Å². The molecule has 0 bridgehead atoms. The highest BCUT2D eigenvalue weighted by Gasteiger charge is 2.32. The molecule has 202 valence electrons. The average molecular weight is 510 g/mol. The third-order valence-electron chi connectivity index (χ3n) is 6.31. The molecule has 2 aromatic rings. The van der Waals surface area contributed by atoms with E-state index in [9.17, 15) is 4.79 Å². The van der Waals surface area contributed by atoms with Gasteiger partial charge in [-0.25, -0.2) is 0 Å². The maximum absolute atomic E-state index is 10.8. The molecule has 2 aromatic carbocycles.